The maximum absolute atomic E-state index is 13.5. The molecule has 3 aromatic rings. The van der Waals surface area contributed by atoms with Crippen molar-refractivity contribution >= 4 is 15.8 Å². The molecule has 0 N–H and O–H groups in total. The Bertz CT molecular complexity index is 1150. The number of ether oxygens (including phenoxy) is 1. The Morgan fingerprint density at radius 1 is 1.09 bits per heavy atom. The third-order valence-corrected chi connectivity index (χ3v) is 7.58. The number of rotatable bonds is 9. The number of hydrogen-bond donors (Lipinski definition) is 0. The lowest BCUT2D eigenvalue weighted by molar-refractivity contribution is -0.121. The SMILES string of the molecule is CCOc1ccc(S(=O)(=O)N(CC(=O)C2CCCc3ccccc32)Cc2ccco2)cc1. The Morgan fingerprint density at radius 3 is 2.59 bits per heavy atom. The molecule has 1 aliphatic carbocycles. The minimum absolute atomic E-state index is 0.0113. The standard InChI is InChI=1S/C25H27NO5S/c1-2-30-20-12-14-22(15-13-20)32(28,29)26(17-21-9-6-16-31-21)18-25(27)24-11-5-8-19-7-3-4-10-23(19)24/h3-4,6-7,9-10,12-16,24H,2,5,8,11,17-18H2,1H3. The van der Waals surface area contributed by atoms with Crippen molar-refractivity contribution < 1.29 is 22.4 Å². The molecule has 0 saturated heterocycles. The molecule has 1 aliphatic rings. The van der Waals surface area contributed by atoms with Gasteiger partial charge < -0.3 is 9.15 Å². The minimum Gasteiger partial charge on any atom is -0.494 e. The Labute approximate surface area is 188 Å². The van der Waals surface area contributed by atoms with E-state index < -0.39 is 10.0 Å². The molecular formula is C25H27NO5S. The van der Waals surface area contributed by atoms with Crippen molar-refractivity contribution in [3.05, 3.63) is 83.8 Å². The summed E-state index contributed by atoms with van der Waals surface area (Å²) >= 11 is 0. The van der Waals surface area contributed by atoms with Gasteiger partial charge in [-0.15, -0.1) is 0 Å². The molecule has 1 atom stereocenters. The number of hydrogen-bond acceptors (Lipinski definition) is 5. The summed E-state index contributed by atoms with van der Waals surface area (Å²) in [5, 5.41) is 0. The molecule has 0 fully saturated rings. The summed E-state index contributed by atoms with van der Waals surface area (Å²) in [4.78, 5) is 13.5. The van der Waals surface area contributed by atoms with Gasteiger partial charge in [-0.3, -0.25) is 4.79 Å². The predicted molar refractivity (Wildman–Crippen MR) is 121 cm³/mol. The highest BCUT2D eigenvalue weighted by Gasteiger charge is 2.32. The van der Waals surface area contributed by atoms with E-state index in [2.05, 4.69) is 0 Å². The molecule has 1 heterocycles. The lowest BCUT2D eigenvalue weighted by Crippen LogP contribution is -2.37. The second-order valence-corrected chi connectivity index (χ2v) is 9.80. The minimum atomic E-state index is -3.92. The fraction of sp³-hybridized carbons (Fsp3) is 0.320. The predicted octanol–water partition coefficient (Wildman–Crippen LogP) is 4.56. The summed E-state index contributed by atoms with van der Waals surface area (Å²) in [5.74, 6) is 0.683. The van der Waals surface area contributed by atoms with Gasteiger partial charge in [0.25, 0.3) is 0 Å². The monoisotopic (exact) mass is 453 g/mol. The maximum Gasteiger partial charge on any atom is 0.243 e. The zero-order valence-electron chi connectivity index (χ0n) is 18.1. The van der Waals surface area contributed by atoms with Crippen molar-refractivity contribution in [1.29, 1.82) is 0 Å². The van der Waals surface area contributed by atoms with Crippen LogP contribution in [0, 0.1) is 0 Å². The summed E-state index contributed by atoms with van der Waals surface area (Å²) in [6.07, 6.45) is 4.08. The molecule has 4 rings (SSSR count). The largest absolute Gasteiger partial charge is 0.494 e. The van der Waals surface area contributed by atoms with Gasteiger partial charge >= 0.3 is 0 Å². The maximum atomic E-state index is 13.5. The molecule has 1 aromatic heterocycles. The van der Waals surface area contributed by atoms with E-state index in [4.69, 9.17) is 9.15 Å². The van der Waals surface area contributed by atoms with Crippen LogP contribution in [0.25, 0.3) is 0 Å². The van der Waals surface area contributed by atoms with Gasteiger partial charge in [-0.25, -0.2) is 8.42 Å². The van der Waals surface area contributed by atoms with Crippen LogP contribution in [0.2, 0.25) is 0 Å². The highest BCUT2D eigenvalue weighted by molar-refractivity contribution is 7.89. The van der Waals surface area contributed by atoms with E-state index in [9.17, 15) is 13.2 Å². The van der Waals surface area contributed by atoms with Gasteiger partial charge in [0.2, 0.25) is 10.0 Å². The van der Waals surface area contributed by atoms with Crippen molar-refractivity contribution in [1.82, 2.24) is 4.31 Å². The zero-order valence-corrected chi connectivity index (χ0v) is 18.9. The van der Waals surface area contributed by atoms with Crippen LogP contribution in [0.1, 0.15) is 42.6 Å². The molecule has 0 saturated carbocycles. The number of furan rings is 1. The van der Waals surface area contributed by atoms with Crippen molar-refractivity contribution in [3.8, 4) is 5.75 Å². The van der Waals surface area contributed by atoms with E-state index in [0.717, 1.165) is 24.8 Å². The summed E-state index contributed by atoms with van der Waals surface area (Å²) in [6.45, 7) is 2.14. The summed E-state index contributed by atoms with van der Waals surface area (Å²) in [6, 6.07) is 17.6. The van der Waals surface area contributed by atoms with Crippen LogP contribution < -0.4 is 4.74 Å². The van der Waals surface area contributed by atoms with Crippen molar-refractivity contribution in [3.63, 3.8) is 0 Å². The van der Waals surface area contributed by atoms with Gasteiger partial charge in [0, 0.05) is 5.92 Å². The Balaban J connectivity index is 1.61. The zero-order chi connectivity index (χ0) is 22.6. The smallest absolute Gasteiger partial charge is 0.243 e. The molecule has 1 unspecified atom stereocenters. The summed E-state index contributed by atoms with van der Waals surface area (Å²) in [5.41, 5.74) is 2.18. The average molecular weight is 454 g/mol. The molecule has 2 aromatic carbocycles. The van der Waals surface area contributed by atoms with Crippen LogP contribution in [-0.4, -0.2) is 31.7 Å². The first-order valence-corrected chi connectivity index (χ1v) is 12.3. The number of Topliss-reactive ketones (excluding diaryl/α,β-unsaturated/α-hetero) is 1. The van der Waals surface area contributed by atoms with Crippen molar-refractivity contribution in [2.75, 3.05) is 13.2 Å². The van der Waals surface area contributed by atoms with Crippen LogP contribution in [0.3, 0.4) is 0 Å². The van der Waals surface area contributed by atoms with Gasteiger partial charge in [-0.2, -0.15) is 4.31 Å². The first-order chi connectivity index (χ1) is 15.5. The van der Waals surface area contributed by atoms with E-state index in [1.807, 2.05) is 31.2 Å². The summed E-state index contributed by atoms with van der Waals surface area (Å²) in [7, 11) is -3.92. The normalized spacial score (nSPS) is 16.0. The third-order valence-electron chi connectivity index (χ3n) is 5.78. The molecule has 0 radical (unpaired) electrons. The van der Waals surface area contributed by atoms with Gasteiger partial charge in [0.1, 0.15) is 11.5 Å². The second-order valence-electron chi connectivity index (χ2n) is 7.87. The lowest BCUT2D eigenvalue weighted by atomic mass is 9.80. The van der Waals surface area contributed by atoms with Crippen LogP contribution in [0.4, 0.5) is 0 Å². The van der Waals surface area contributed by atoms with Crippen LogP contribution in [0.15, 0.2) is 76.2 Å². The average Bonchev–Trinajstić information content (AvgIpc) is 3.32. The number of carbonyl (C=O) groups excluding carboxylic acids is 1. The highest BCUT2D eigenvalue weighted by atomic mass is 32.2. The van der Waals surface area contributed by atoms with E-state index in [1.165, 1.54) is 28.3 Å². The number of carbonyl (C=O) groups is 1. The Kier molecular flexibility index (Phi) is 6.77. The Morgan fingerprint density at radius 2 is 1.88 bits per heavy atom. The molecule has 0 amide bonds. The number of aryl methyl sites for hydroxylation is 1. The molecule has 0 bridgehead atoms. The third kappa shape index (κ3) is 4.79. The second kappa shape index (κ2) is 9.71. The van der Waals surface area contributed by atoms with Gasteiger partial charge in [-0.05, 0) is 73.7 Å². The summed E-state index contributed by atoms with van der Waals surface area (Å²) < 4.78 is 39.0. The van der Waals surface area contributed by atoms with Crippen LogP contribution in [0.5, 0.6) is 5.75 Å². The molecule has 168 valence electrons. The molecule has 0 spiro atoms. The quantitative estimate of drug-likeness (QED) is 0.475. The fourth-order valence-corrected chi connectivity index (χ4v) is 5.57. The fourth-order valence-electron chi connectivity index (χ4n) is 4.20. The van der Waals surface area contributed by atoms with Gasteiger partial charge in [-0.1, -0.05) is 24.3 Å². The van der Waals surface area contributed by atoms with Crippen LogP contribution in [-0.2, 0) is 27.8 Å². The van der Waals surface area contributed by atoms with E-state index in [-0.39, 0.29) is 29.7 Å². The first kappa shape index (κ1) is 22.3. The first-order valence-electron chi connectivity index (χ1n) is 10.8. The van der Waals surface area contributed by atoms with Gasteiger partial charge in [0.05, 0.1) is 30.9 Å². The van der Waals surface area contributed by atoms with Gasteiger partial charge in [0.15, 0.2) is 5.78 Å². The number of nitrogens with zero attached hydrogens (tertiary/aromatic N) is 1. The molecule has 6 nitrogen and oxygen atoms in total. The number of benzene rings is 2. The van der Waals surface area contributed by atoms with Crippen LogP contribution >= 0.6 is 0 Å². The molecule has 7 heteroatoms. The number of sulfonamides is 1. The molecule has 32 heavy (non-hydrogen) atoms. The van der Waals surface area contributed by atoms with Crippen molar-refractivity contribution in [2.45, 2.75) is 43.5 Å². The molecular weight excluding hydrogens is 426 g/mol. The molecule has 0 aliphatic heterocycles. The topological polar surface area (TPSA) is 76.8 Å². The van der Waals surface area contributed by atoms with E-state index in [0.29, 0.717) is 18.1 Å². The van der Waals surface area contributed by atoms with Crippen molar-refractivity contribution in [2.24, 2.45) is 0 Å². The van der Waals surface area contributed by atoms with E-state index in [1.54, 1.807) is 24.3 Å². The number of ketones is 1. The lowest BCUT2D eigenvalue weighted by Gasteiger charge is -2.27. The van der Waals surface area contributed by atoms with E-state index >= 15 is 0 Å². The number of fused-ring (bicyclic) bond motifs is 1. The highest BCUT2D eigenvalue weighted by Crippen LogP contribution is 2.33. The Hall–Kier alpha value is -2.90.